The molecule has 1 atom stereocenters. The molecule has 2 aromatic rings. The molecule has 0 aliphatic carbocycles. The van der Waals surface area contributed by atoms with E-state index in [1.165, 1.54) is 0 Å². The van der Waals surface area contributed by atoms with E-state index in [0.29, 0.717) is 36.2 Å². The van der Waals surface area contributed by atoms with Crippen LogP contribution in [-0.4, -0.2) is 59.1 Å². The zero-order chi connectivity index (χ0) is 22.4. The van der Waals surface area contributed by atoms with Gasteiger partial charge >= 0.3 is 5.97 Å². The largest absolute Gasteiger partial charge is 0.482 e. The van der Waals surface area contributed by atoms with Gasteiger partial charge in [-0.05, 0) is 29.7 Å². The Morgan fingerprint density at radius 3 is 2.58 bits per heavy atom. The van der Waals surface area contributed by atoms with Crippen molar-refractivity contribution in [3.63, 3.8) is 0 Å². The van der Waals surface area contributed by atoms with Crippen LogP contribution in [0.1, 0.15) is 25.0 Å². The molecule has 3 rings (SSSR count). The summed E-state index contributed by atoms with van der Waals surface area (Å²) in [6.07, 6.45) is 0.408. The Balaban J connectivity index is 1.69. The molecule has 1 saturated heterocycles. The van der Waals surface area contributed by atoms with Gasteiger partial charge in [-0.25, -0.2) is 4.79 Å². The third-order valence-electron chi connectivity index (χ3n) is 5.56. The van der Waals surface area contributed by atoms with E-state index in [-0.39, 0.29) is 11.9 Å². The lowest BCUT2D eigenvalue weighted by molar-refractivity contribution is -0.139. The highest BCUT2D eigenvalue weighted by atomic mass is 35.5. The summed E-state index contributed by atoms with van der Waals surface area (Å²) in [7, 11) is 0. The second-order valence-electron chi connectivity index (χ2n) is 8.23. The molecule has 1 N–H and O–H groups in total. The van der Waals surface area contributed by atoms with E-state index < -0.39 is 12.6 Å². The molecule has 1 aliphatic heterocycles. The van der Waals surface area contributed by atoms with Gasteiger partial charge in [-0.2, -0.15) is 0 Å². The van der Waals surface area contributed by atoms with E-state index in [4.69, 9.17) is 21.4 Å². The first-order valence-corrected chi connectivity index (χ1v) is 10.9. The van der Waals surface area contributed by atoms with Gasteiger partial charge in [-0.1, -0.05) is 55.8 Å². The van der Waals surface area contributed by atoms with Crippen LogP contribution in [-0.2, 0) is 22.6 Å². The molecule has 7 heteroatoms. The second-order valence-corrected chi connectivity index (χ2v) is 8.67. The number of hydrogen-bond acceptors (Lipinski definition) is 4. The molecule has 0 aromatic heterocycles. The quantitative estimate of drug-likeness (QED) is 0.672. The van der Waals surface area contributed by atoms with Gasteiger partial charge in [0.05, 0.1) is 6.42 Å². The van der Waals surface area contributed by atoms with Crippen molar-refractivity contribution in [2.75, 3.05) is 26.2 Å². The Morgan fingerprint density at radius 2 is 1.90 bits per heavy atom. The molecular weight excluding hydrogens is 416 g/mol. The average molecular weight is 445 g/mol. The number of carbonyl (C=O) groups excluding carboxylic acids is 1. The highest BCUT2D eigenvalue weighted by molar-refractivity contribution is 6.30. The number of benzene rings is 2. The zero-order valence-corrected chi connectivity index (χ0v) is 18.7. The molecule has 31 heavy (non-hydrogen) atoms. The molecule has 0 saturated carbocycles. The van der Waals surface area contributed by atoms with E-state index in [9.17, 15) is 9.59 Å². The molecule has 1 fully saturated rings. The third-order valence-corrected chi connectivity index (χ3v) is 5.79. The van der Waals surface area contributed by atoms with Crippen molar-refractivity contribution < 1.29 is 19.4 Å². The molecule has 1 heterocycles. The Labute approximate surface area is 188 Å². The number of nitrogens with zero attached hydrogens (tertiary/aromatic N) is 2. The normalized spacial score (nSPS) is 17.0. The minimum atomic E-state index is -1.02. The molecule has 1 amide bonds. The first kappa shape index (κ1) is 23.1. The van der Waals surface area contributed by atoms with E-state index >= 15 is 0 Å². The fourth-order valence-corrected chi connectivity index (χ4v) is 4.15. The van der Waals surface area contributed by atoms with Crippen molar-refractivity contribution in [3.05, 3.63) is 64.7 Å². The van der Waals surface area contributed by atoms with Crippen LogP contribution in [0.15, 0.2) is 48.5 Å². The smallest absolute Gasteiger partial charge is 0.341 e. The summed E-state index contributed by atoms with van der Waals surface area (Å²) < 4.78 is 5.45. The van der Waals surface area contributed by atoms with E-state index in [1.54, 1.807) is 12.1 Å². The Kier molecular flexibility index (Phi) is 7.93. The van der Waals surface area contributed by atoms with Gasteiger partial charge < -0.3 is 14.7 Å². The minimum Gasteiger partial charge on any atom is -0.482 e. The van der Waals surface area contributed by atoms with E-state index in [0.717, 1.165) is 24.2 Å². The summed E-state index contributed by atoms with van der Waals surface area (Å²) in [5.74, 6) is -0.0378. The number of amides is 1. The number of carboxylic acids is 1. The van der Waals surface area contributed by atoms with Crippen molar-refractivity contribution in [2.24, 2.45) is 5.92 Å². The van der Waals surface area contributed by atoms with Gasteiger partial charge in [-0.3, -0.25) is 9.69 Å². The monoisotopic (exact) mass is 444 g/mol. The molecular formula is C24H29ClN2O4. The second kappa shape index (κ2) is 10.6. The van der Waals surface area contributed by atoms with Crippen molar-refractivity contribution in [1.82, 2.24) is 9.80 Å². The number of piperazine rings is 1. The van der Waals surface area contributed by atoms with Crippen LogP contribution in [0.5, 0.6) is 5.75 Å². The van der Waals surface area contributed by atoms with Gasteiger partial charge in [0.2, 0.25) is 5.91 Å². The van der Waals surface area contributed by atoms with Crippen molar-refractivity contribution in [1.29, 1.82) is 0 Å². The molecule has 0 radical (unpaired) electrons. The summed E-state index contributed by atoms with van der Waals surface area (Å²) in [5, 5.41) is 9.50. The maximum absolute atomic E-state index is 13.0. The Hall–Kier alpha value is -2.57. The predicted molar refractivity (Wildman–Crippen MR) is 120 cm³/mol. The van der Waals surface area contributed by atoms with Gasteiger partial charge in [0.15, 0.2) is 6.61 Å². The molecule has 6 nitrogen and oxygen atoms in total. The standard InChI is InChI=1S/C24H29ClN2O4/c1-17(2)21-15-26(10-11-27(21)23(28)12-18-6-4-3-5-7-18)14-19-13-20(25)8-9-22(19)31-16-24(29)30/h3-9,13,17,21H,10-12,14-16H2,1-2H3,(H,29,30)/t21-/m1/s1. The summed E-state index contributed by atoms with van der Waals surface area (Å²) in [5.41, 5.74) is 1.87. The Bertz CT molecular complexity index is 904. The van der Waals surface area contributed by atoms with Crippen LogP contribution < -0.4 is 4.74 Å². The molecule has 0 unspecified atom stereocenters. The average Bonchev–Trinajstić information content (AvgIpc) is 2.73. The molecule has 0 bridgehead atoms. The SMILES string of the molecule is CC(C)[C@H]1CN(Cc2cc(Cl)ccc2OCC(=O)O)CCN1C(=O)Cc1ccccc1. The van der Waals surface area contributed by atoms with Gasteiger partial charge in [-0.15, -0.1) is 0 Å². The van der Waals surface area contributed by atoms with Crippen LogP contribution in [0.4, 0.5) is 0 Å². The first-order chi connectivity index (χ1) is 14.8. The fraction of sp³-hybridized carbons (Fsp3) is 0.417. The van der Waals surface area contributed by atoms with Crippen LogP contribution in [0.2, 0.25) is 5.02 Å². The number of rotatable bonds is 8. The lowest BCUT2D eigenvalue weighted by Gasteiger charge is -2.43. The maximum atomic E-state index is 13.0. The highest BCUT2D eigenvalue weighted by Crippen LogP contribution is 2.27. The number of carboxylic acid groups (broad SMARTS) is 1. The predicted octanol–water partition coefficient (Wildman–Crippen LogP) is 3.71. The lowest BCUT2D eigenvalue weighted by Crippen LogP contribution is -2.57. The number of ether oxygens (including phenoxy) is 1. The summed E-state index contributed by atoms with van der Waals surface area (Å²) >= 11 is 6.17. The highest BCUT2D eigenvalue weighted by Gasteiger charge is 2.32. The Morgan fingerprint density at radius 1 is 1.16 bits per heavy atom. The fourth-order valence-electron chi connectivity index (χ4n) is 3.96. The molecule has 1 aliphatic rings. The van der Waals surface area contributed by atoms with Crippen LogP contribution in [0, 0.1) is 5.92 Å². The number of carbonyl (C=O) groups is 2. The van der Waals surface area contributed by atoms with Gasteiger partial charge in [0.25, 0.3) is 0 Å². The zero-order valence-electron chi connectivity index (χ0n) is 18.0. The number of hydrogen-bond donors (Lipinski definition) is 1. The van der Waals surface area contributed by atoms with Crippen molar-refractivity contribution >= 4 is 23.5 Å². The molecule has 166 valence electrons. The van der Waals surface area contributed by atoms with Crippen molar-refractivity contribution in [2.45, 2.75) is 32.9 Å². The van der Waals surface area contributed by atoms with Gasteiger partial charge in [0.1, 0.15) is 5.75 Å². The minimum absolute atomic E-state index is 0.104. The summed E-state index contributed by atoms with van der Waals surface area (Å²) in [6, 6.07) is 15.1. The molecule has 2 aromatic carbocycles. The molecule has 0 spiro atoms. The lowest BCUT2D eigenvalue weighted by atomic mass is 9.98. The maximum Gasteiger partial charge on any atom is 0.341 e. The first-order valence-electron chi connectivity index (χ1n) is 10.5. The van der Waals surface area contributed by atoms with Crippen LogP contribution in [0.25, 0.3) is 0 Å². The van der Waals surface area contributed by atoms with Crippen LogP contribution in [0.3, 0.4) is 0 Å². The topological polar surface area (TPSA) is 70.1 Å². The van der Waals surface area contributed by atoms with Crippen molar-refractivity contribution in [3.8, 4) is 5.75 Å². The number of halogens is 1. The number of aliphatic carboxylic acids is 1. The van der Waals surface area contributed by atoms with Crippen LogP contribution >= 0.6 is 11.6 Å². The van der Waals surface area contributed by atoms with E-state index in [2.05, 4.69) is 18.7 Å². The van der Waals surface area contributed by atoms with E-state index in [1.807, 2.05) is 41.3 Å². The third kappa shape index (κ3) is 6.45. The van der Waals surface area contributed by atoms with Gasteiger partial charge in [0, 0.05) is 42.8 Å². The summed E-state index contributed by atoms with van der Waals surface area (Å²) in [4.78, 5) is 28.2. The summed E-state index contributed by atoms with van der Waals surface area (Å²) in [6.45, 7) is 6.58.